The number of ether oxygens (including phenoxy) is 1. The Hall–Kier alpha value is -0.530. The molecule has 0 aromatic heterocycles. The standard InChI is InChI=1S/C15H28O2/c1-4-14(15(16)17-5-2)11-10-13-8-6-12(3)7-9-13/h12-14H,4-11H2,1-3H3. The van der Waals surface area contributed by atoms with E-state index >= 15 is 0 Å². The van der Waals surface area contributed by atoms with Gasteiger partial charge < -0.3 is 4.74 Å². The van der Waals surface area contributed by atoms with Crippen LogP contribution in [0.5, 0.6) is 0 Å². The van der Waals surface area contributed by atoms with Crippen LogP contribution in [0.25, 0.3) is 0 Å². The quantitative estimate of drug-likeness (QED) is 0.651. The Morgan fingerprint density at radius 2 is 1.88 bits per heavy atom. The molecule has 2 heteroatoms. The topological polar surface area (TPSA) is 26.3 Å². The van der Waals surface area contributed by atoms with Gasteiger partial charge in [0.05, 0.1) is 12.5 Å². The molecule has 1 aliphatic carbocycles. The number of carbonyl (C=O) groups is 1. The minimum absolute atomic E-state index is 0.0131. The second kappa shape index (κ2) is 7.73. The van der Waals surface area contributed by atoms with Gasteiger partial charge in [-0.3, -0.25) is 4.79 Å². The lowest BCUT2D eigenvalue weighted by atomic mass is 9.79. The van der Waals surface area contributed by atoms with Crippen LogP contribution in [0.1, 0.15) is 65.7 Å². The normalized spacial score (nSPS) is 26.5. The smallest absolute Gasteiger partial charge is 0.308 e. The van der Waals surface area contributed by atoms with E-state index in [-0.39, 0.29) is 11.9 Å². The van der Waals surface area contributed by atoms with Gasteiger partial charge in [-0.2, -0.15) is 0 Å². The van der Waals surface area contributed by atoms with Gasteiger partial charge in [-0.25, -0.2) is 0 Å². The average molecular weight is 240 g/mol. The van der Waals surface area contributed by atoms with Gasteiger partial charge in [-0.05, 0) is 38.0 Å². The van der Waals surface area contributed by atoms with Crippen LogP contribution in [0, 0.1) is 17.8 Å². The number of hydrogen-bond acceptors (Lipinski definition) is 2. The summed E-state index contributed by atoms with van der Waals surface area (Å²) in [7, 11) is 0. The van der Waals surface area contributed by atoms with E-state index in [9.17, 15) is 4.79 Å². The maximum absolute atomic E-state index is 11.7. The highest BCUT2D eigenvalue weighted by atomic mass is 16.5. The van der Waals surface area contributed by atoms with Gasteiger partial charge in [0, 0.05) is 0 Å². The van der Waals surface area contributed by atoms with Crippen molar-refractivity contribution in [3.05, 3.63) is 0 Å². The molecule has 0 aromatic rings. The lowest BCUT2D eigenvalue weighted by Crippen LogP contribution is -2.19. The Kier molecular flexibility index (Phi) is 6.61. The molecular weight excluding hydrogens is 212 g/mol. The molecule has 0 N–H and O–H groups in total. The van der Waals surface area contributed by atoms with E-state index in [0.717, 1.165) is 24.7 Å². The third-order valence-electron chi connectivity index (χ3n) is 4.17. The highest BCUT2D eigenvalue weighted by Crippen LogP contribution is 2.32. The summed E-state index contributed by atoms with van der Waals surface area (Å²) >= 11 is 0. The van der Waals surface area contributed by atoms with Gasteiger partial charge >= 0.3 is 5.97 Å². The molecule has 0 spiro atoms. The zero-order valence-electron chi connectivity index (χ0n) is 11.7. The van der Waals surface area contributed by atoms with E-state index in [2.05, 4.69) is 13.8 Å². The van der Waals surface area contributed by atoms with Gasteiger partial charge in [0.1, 0.15) is 0 Å². The number of rotatable bonds is 6. The first-order chi connectivity index (χ1) is 8.17. The van der Waals surface area contributed by atoms with Gasteiger partial charge in [0.2, 0.25) is 0 Å². The molecule has 0 radical (unpaired) electrons. The van der Waals surface area contributed by atoms with Gasteiger partial charge in [0.15, 0.2) is 0 Å². The third kappa shape index (κ3) is 5.10. The number of esters is 1. The van der Waals surface area contributed by atoms with Gasteiger partial charge in [-0.15, -0.1) is 0 Å². The van der Waals surface area contributed by atoms with Crippen LogP contribution in [-0.4, -0.2) is 12.6 Å². The molecule has 0 aliphatic heterocycles. The molecule has 0 aromatic carbocycles. The van der Waals surface area contributed by atoms with Crippen LogP contribution in [0.4, 0.5) is 0 Å². The molecule has 0 heterocycles. The first-order valence-electron chi connectivity index (χ1n) is 7.33. The zero-order chi connectivity index (χ0) is 12.7. The molecule has 100 valence electrons. The van der Waals surface area contributed by atoms with Crippen molar-refractivity contribution in [2.24, 2.45) is 17.8 Å². The number of hydrogen-bond donors (Lipinski definition) is 0. The summed E-state index contributed by atoms with van der Waals surface area (Å²) in [5.41, 5.74) is 0. The maximum atomic E-state index is 11.7. The van der Waals surface area contributed by atoms with Gasteiger partial charge in [0.25, 0.3) is 0 Å². The van der Waals surface area contributed by atoms with E-state index in [4.69, 9.17) is 4.74 Å². The molecule has 1 atom stereocenters. The SMILES string of the molecule is CCOC(=O)C(CC)CCC1CCC(C)CC1. The van der Waals surface area contributed by atoms with Crippen molar-refractivity contribution in [3.8, 4) is 0 Å². The van der Waals surface area contributed by atoms with E-state index < -0.39 is 0 Å². The van der Waals surface area contributed by atoms with E-state index in [0.29, 0.717) is 6.61 Å². The summed E-state index contributed by atoms with van der Waals surface area (Å²) in [6.45, 7) is 6.83. The summed E-state index contributed by atoms with van der Waals surface area (Å²) in [5, 5.41) is 0. The van der Waals surface area contributed by atoms with Crippen molar-refractivity contribution in [3.63, 3.8) is 0 Å². The fourth-order valence-corrected chi connectivity index (χ4v) is 2.80. The molecule has 1 aliphatic rings. The molecule has 0 bridgehead atoms. The predicted molar refractivity (Wildman–Crippen MR) is 70.8 cm³/mol. The first kappa shape index (κ1) is 14.5. The summed E-state index contributed by atoms with van der Waals surface area (Å²) < 4.78 is 5.11. The van der Waals surface area contributed by atoms with Crippen LogP contribution in [0.2, 0.25) is 0 Å². The fourth-order valence-electron chi connectivity index (χ4n) is 2.80. The summed E-state index contributed by atoms with van der Waals surface area (Å²) in [6.07, 6.45) is 8.63. The summed E-state index contributed by atoms with van der Waals surface area (Å²) in [6, 6.07) is 0. The molecule has 0 saturated heterocycles. The highest BCUT2D eigenvalue weighted by molar-refractivity contribution is 5.72. The molecule has 17 heavy (non-hydrogen) atoms. The van der Waals surface area contributed by atoms with Gasteiger partial charge in [-0.1, -0.05) is 39.5 Å². The van der Waals surface area contributed by atoms with Crippen molar-refractivity contribution in [2.75, 3.05) is 6.61 Å². The molecule has 1 fully saturated rings. The Bertz CT molecular complexity index is 217. The highest BCUT2D eigenvalue weighted by Gasteiger charge is 2.22. The predicted octanol–water partition coefficient (Wildman–Crippen LogP) is 4.18. The first-order valence-corrected chi connectivity index (χ1v) is 7.33. The van der Waals surface area contributed by atoms with Crippen LogP contribution in [0.3, 0.4) is 0 Å². The molecule has 2 nitrogen and oxygen atoms in total. The number of carbonyl (C=O) groups excluding carboxylic acids is 1. The Morgan fingerprint density at radius 3 is 2.41 bits per heavy atom. The lowest BCUT2D eigenvalue weighted by molar-refractivity contribution is -0.148. The van der Waals surface area contributed by atoms with Crippen molar-refractivity contribution in [2.45, 2.75) is 65.7 Å². The summed E-state index contributed by atoms with van der Waals surface area (Å²) in [5.74, 6) is 1.92. The minimum atomic E-state index is 0.0131. The van der Waals surface area contributed by atoms with E-state index in [1.807, 2.05) is 6.92 Å². The molecule has 1 saturated carbocycles. The van der Waals surface area contributed by atoms with E-state index in [1.165, 1.54) is 32.1 Å². The molecular formula is C15H28O2. The van der Waals surface area contributed by atoms with Crippen molar-refractivity contribution in [1.29, 1.82) is 0 Å². The van der Waals surface area contributed by atoms with Crippen molar-refractivity contribution >= 4 is 5.97 Å². The minimum Gasteiger partial charge on any atom is -0.466 e. The Balaban J connectivity index is 2.25. The Morgan fingerprint density at radius 1 is 1.24 bits per heavy atom. The molecule has 0 amide bonds. The average Bonchev–Trinajstić information content (AvgIpc) is 2.32. The fraction of sp³-hybridized carbons (Fsp3) is 0.933. The van der Waals surface area contributed by atoms with Crippen molar-refractivity contribution < 1.29 is 9.53 Å². The van der Waals surface area contributed by atoms with Crippen LogP contribution >= 0.6 is 0 Å². The summed E-state index contributed by atoms with van der Waals surface area (Å²) in [4.78, 5) is 11.7. The van der Waals surface area contributed by atoms with Crippen molar-refractivity contribution in [1.82, 2.24) is 0 Å². The van der Waals surface area contributed by atoms with Crippen LogP contribution < -0.4 is 0 Å². The Labute approximate surface area is 106 Å². The molecule has 1 unspecified atom stereocenters. The second-order valence-corrected chi connectivity index (χ2v) is 5.56. The van der Waals surface area contributed by atoms with E-state index in [1.54, 1.807) is 0 Å². The van der Waals surface area contributed by atoms with Crippen LogP contribution in [-0.2, 0) is 9.53 Å². The molecule has 1 rings (SSSR count). The van der Waals surface area contributed by atoms with Crippen LogP contribution in [0.15, 0.2) is 0 Å². The second-order valence-electron chi connectivity index (χ2n) is 5.56. The monoisotopic (exact) mass is 240 g/mol. The third-order valence-corrected chi connectivity index (χ3v) is 4.17. The maximum Gasteiger partial charge on any atom is 0.308 e. The lowest BCUT2D eigenvalue weighted by Gasteiger charge is -2.27. The zero-order valence-corrected chi connectivity index (χ0v) is 11.7. The largest absolute Gasteiger partial charge is 0.466 e.